The molecule has 13 heteroatoms. The van der Waals surface area contributed by atoms with E-state index in [0.717, 1.165) is 4.90 Å². The van der Waals surface area contributed by atoms with Crippen molar-refractivity contribution in [2.45, 2.75) is 43.6 Å². The molecule has 1 aromatic carbocycles. The zero-order chi connectivity index (χ0) is 26.0. The van der Waals surface area contributed by atoms with Crippen LogP contribution in [0.2, 0.25) is 0 Å². The molecule has 4 atom stereocenters. The fourth-order valence-electron chi connectivity index (χ4n) is 3.67. The highest BCUT2D eigenvalue weighted by Crippen LogP contribution is 2.30. The zero-order valence-corrected chi connectivity index (χ0v) is 18.6. The number of benzene rings is 1. The Morgan fingerprint density at radius 2 is 2.00 bits per heavy atom. The maximum absolute atomic E-state index is 13.3. The molecule has 1 aromatic rings. The van der Waals surface area contributed by atoms with Gasteiger partial charge in [-0.05, 0) is 6.92 Å². The highest BCUT2D eigenvalue weighted by molar-refractivity contribution is 6.08. The molecule has 35 heavy (non-hydrogen) atoms. The molecule has 3 rings (SSSR count). The summed E-state index contributed by atoms with van der Waals surface area (Å²) in [5.74, 6) is -2.83. The number of aliphatic hydroxyl groups excluding tert-OH is 2. The highest BCUT2D eigenvalue weighted by Gasteiger charge is 2.47. The monoisotopic (exact) mass is 498 g/mol. The lowest BCUT2D eigenvalue weighted by Crippen LogP contribution is -2.67. The standard InChI is InChI=1S/C22H25F3N4O6/c1-12(9-27-19(33)22(23,24)25)7-14-10-29(17-8-15(31)16(11-30)35-17)20(34)28-21(14,26)18(32)13-5-3-2-4-6-13/h2-7,10,15-17,30-31H,8-9,11,26H2,1H3,(H,27,33)(H,28,34)/t15-,16+,17+,21?/m0/s1. The normalized spacial score (nSPS) is 27.3. The lowest BCUT2D eigenvalue weighted by atomic mass is 9.88. The SMILES string of the molecule is CC(=CC1=CN([C@H]2C[C@H](O)[C@@H](CO)O2)C(=O)NC1(N)C(=O)c1ccccc1)CNC(=O)C(F)(F)F. The topological polar surface area (TPSA) is 154 Å². The third kappa shape index (κ3) is 5.70. The van der Waals surface area contributed by atoms with Gasteiger partial charge >= 0.3 is 18.1 Å². The largest absolute Gasteiger partial charge is 0.471 e. The predicted octanol–water partition coefficient (Wildman–Crippen LogP) is 0.526. The zero-order valence-electron chi connectivity index (χ0n) is 18.6. The van der Waals surface area contributed by atoms with E-state index < -0.39 is 61.1 Å². The average Bonchev–Trinajstić information content (AvgIpc) is 3.18. The van der Waals surface area contributed by atoms with Crippen LogP contribution in [0.4, 0.5) is 18.0 Å². The van der Waals surface area contributed by atoms with Crippen molar-refractivity contribution in [2.75, 3.05) is 13.2 Å². The molecule has 1 saturated heterocycles. The summed E-state index contributed by atoms with van der Waals surface area (Å²) in [5.41, 5.74) is 4.62. The number of urea groups is 1. The predicted molar refractivity (Wildman–Crippen MR) is 115 cm³/mol. The van der Waals surface area contributed by atoms with Gasteiger partial charge in [-0.3, -0.25) is 20.2 Å². The van der Waals surface area contributed by atoms with Crippen LogP contribution in [0, 0.1) is 0 Å². The molecule has 0 aliphatic carbocycles. The molecule has 0 aromatic heterocycles. The Balaban J connectivity index is 1.97. The molecule has 1 unspecified atom stereocenters. The van der Waals surface area contributed by atoms with E-state index >= 15 is 0 Å². The van der Waals surface area contributed by atoms with Crippen LogP contribution in [0.3, 0.4) is 0 Å². The number of carbonyl (C=O) groups excluding carboxylic acids is 3. The smallest absolute Gasteiger partial charge is 0.394 e. The number of hydrogen-bond acceptors (Lipinski definition) is 7. The van der Waals surface area contributed by atoms with E-state index in [4.69, 9.17) is 10.5 Å². The van der Waals surface area contributed by atoms with Gasteiger partial charge in [-0.2, -0.15) is 13.2 Å². The lowest BCUT2D eigenvalue weighted by Gasteiger charge is -2.39. The van der Waals surface area contributed by atoms with Gasteiger partial charge in [0.15, 0.2) is 5.66 Å². The van der Waals surface area contributed by atoms with Gasteiger partial charge < -0.3 is 25.6 Å². The van der Waals surface area contributed by atoms with Crippen LogP contribution in [0.15, 0.2) is 53.8 Å². The lowest BCUT2D eigenvalue weighted by molar-refractivity contribution is -0.173. The van der Waals surface area contributed by atoms with Crippen molar-refractivity contribution in [3.05, 3.63) is 59.3 Å². The van der Waals surface area contributed by atoms with Crippen LogP contribution in [-0.4, -0.2) is 76.3 Å². The van der Waals surface area contributed by atoms with E-state index in [0.29, 0.717) is 0 Å². The Labute approximate surface area is 198 Å². The molecule has 3 amide bonds. The van der Waals surface area contributed by atoms with Gasteiger partial charge in [0.1, 0.15) is 12.3 Å². The fourth-order valence-corrected chi connectivity index (χ4v) is 3.67. The van der Waals surface area contributed by atoms with Gasteiger partial charge in [0, 0.05) is 30.3 Å². The number of Topliss-reactive ketones (excluding diaryl/α,β-unsaturated/α-hetero) is 1. The molecule has 0 radical (unpaired) electrons. The van der Waals surface area contributed by atoms with Crippen LogP contribution < -0.4 is 16.4 Å². The third-order valence-corrected chi connectivity index (χ3v) is 5.55. The summed E-state index contributed by atoms with van der Waals surface area (Å²) in [6.07, 6.45) is -5.64. The van der Waals surface area contributed by atoms with Gasteiger partial charge in [0.25, 0.3) is 0 Å². The molecule has 2 aliphatic rings. The molecule has 10 nitrogen and oxygen atoms in total. The number of halogens is 3. The van der Waals surface area contributed by atoms with E-state index in [-0.39, 0.29) is 23.1 Å². The van der Waals surface area contributed by atoms with E-state index in [1.807, 2.05) is 0 Å². The average molecular weight is 498 g/mol. The van der Waals surface area contributed by atoms with Gasteiger partial charge in [0.05, 0.1) is 12.7 Å². The Hall–Kier alpha value is -3.26. The Bertz CT molecular complexity index is 1050. The molecule has 2 aliphatic heterocycles. The number of rotatable bonds is 7. The highest BCUT2D eigenvalue weighted by atomic mass is 19.4. The first kappa shape index (κ1) is 26.3. The van der Waals surface area contributed by atoms with Crippen molar-refractivity contribution in [1.82, 2.24) is 15.5 Å². The Kier molecular flexibility index (Phi) is 7.65. The molecule has 0 saturated carbocycles. The minimum absolute atomic E-state index is 0.00440. The second-order valence-electron chi connectivity index (χ2n) is 8.21. The summed E-state index contributed by atoms with van der Waals surface area (Å²) in [7, 11) is 0. The fraction of sp³-hybridized carbons (Fsp3) is 0.409. The van der Waals surface area contributed by atoms with Crippen molar-refractivity contribution in [3.63, 3.8) is 0 Å². The number of nitrogens with one attached hydrogen (secondary N) is 2. The van der Waals surface area contributed by atoms with Gasteiger partial charge in [-0.1, -0.05) is 42.0 Å². The summed E-state index contributed by atoms with van der Waals surface area (Å²) in [4.78, 5) is 38.4. The van der Waals surface area contributed by atoms with Crippen molar-refractivity contribution in [1.29, 1.82) is 0 Å². The number of aliphatic hydroxyl groups is 2. The van der Waals surface area contributed by atoms with Crippen molar-refractivity contribution in [3.8, 4) is 0 Å². The molecule has 6 N–H and O–H groups in total. The first-order valence-corrected chi connectivity index (χ1v) is 10.5. The molecule has 0 bridgehead atoms. The number of hydrogen-bond donors (Lipinski definition) is 5. The number of alkyl halides is 3. The molecular formula is C22H25F3N4O6. The van der Waals surface area contributed by atoms with E-state index in [1.165, 1.54) is 31.3 Å². The molecular weight excluding hydrogens is 473 g/mol. The number of nitrogens with two attached hydrogens (primary N) is 1. The van der Waals surface area contributed by atoms with Gasteiger partial charge in [0.2, 0.25) is 5.78 Å². The molecule has 2 heterocycles. The summed E-state index contributed by atoms with van der Waals surface area (Å²) in [6.45, 7) is 0.405. The van der Waals surface area contributed by atoms with E-state index in [2.05, 4.69) is 5.32 Å². The van der Waals surface area contributed by atoms with Crippen molar-refractivity contribution < 1.29 is 42.5 Å². The Morgan fingerprint density at radius 1 is 1.34 bits per heavy atom. The van der Waals surface area contributed by atoms with Crippen LogP contribution in [0.25, 0.3) is 0 Å². The number of ether oxygens (including phenoxy) is 1. The summed E-state index contributed by atoms with van der Waals surface area (Å²) < 4.78 is 43.1. The minimum atomic E-state index is -5.07. The number of ketones is 1. The maximum Gasteiger partial charge on any atom is 0.471 e. The second kappa shape index (κ2) is 10.2. The number of nitrogens with zero attached hydrogens (tertiary/aromatic N) is 1. The first-order chi connectivity index (χ1) is 16.4. The summed E-state index contributed by atoms with van der Waals surface area (Å²) >= 11 is 0. The molecule has 190 valence electrons. The van der Waals surface area contributed by atoms with E-state index in [9.17, 15) is 37.8 Å². The van der Waals surface area contributed by atoms with Crippen LogP contribution in [-0.2, 0) is 9.53 Å². The maximum atomic E-state index is 13.3. The number of carbonyl (C=O) groups is 3. The summed E-state index contributed by atoms with van der Waals surface area (Å²) in [6, 6.07) is 6.99. The van der Waals surface area contributed by atoms with Crippen LogP contribution in [0.1, 0.15) is 23.7 Å². The van der Waals surface area contributed by atoms with Gasteiger partial charge in [-0.15, -0.1) is 0 Å². The van der Waals surface area contributed by atoms with E-state index in [1.54, 1.807) is 23.5 Å². The van der Waals surface area contributed by atoms with Crippen LogP contribution in [0.5, 0.6) is 0 Å². The quantitative estimate of drug-likeness (QED) is 0.344. The number of amides is 3. The van der Waals surface area contributed by atoms with Crippen molar-refractivity contribution in [2.24, 2.45) is 5.73 Å². The Morgan fingerprint density at radius 3 is 2.57 bits per heavy atom. The third-order valence-electron chi connectivity index (χ3n) is 5.55. The molecule has 0 spiro atoms. The van der Waals surface area contributed by atoms with Gasteiger partial charge in [-0.25, -0.2) is 4.79 Å². The summed E-state index contributed by atoms with van der Waals surface area (Å²) in [5, 5.41) is 23.5. The minimum Gasteiger partial charge on any atom is -0.394 e. The van der Waals surface area contributed by atoms with Crippen molar-refractivity contribution >= 4 is 17.7 Å². The van der Waals surface area contributed by atoms with Crippen LogP contribution >= 0.6 is 0 Å². The first-order valence-electron chi connectivity index (χ1n) is 10.5. The molecule has 1 fully saturated rings. The second-order valence-corrected chi connectivity index (χ2v) is 8.21.